The number of ether oxygens (including phenoxy) is 1. The average Bonchev–Trinajstić information content (AvgIpc) is 3.16. The van der Waals surface area contributed by atoms with Crippen LogP contribution in [0.15, 0.2) is 36.5 Å². The van der Waals surface area contributed by atoms with Crippen LogP contribution >= 0.6 is 0 Å². The summed E-state index contributed by atoms with van der Waals surface area (Å²) in [6.45, 7) is 6.51. The Hall–Kier alpha value is -2.22. The first-order valence-corrected chi connectivity index (χ1v) is 9.70. The third-order valence-corrected chi connectivity index (χ3v) is 4.74. The summed E-state index contributed by atoms with van der Waals surface area (Å²) < 4.78 is 7.94. The van der Waals surface area contributed by atoms with Crippen LogP contribution in [-0.4, -0.2) is 45.3 Å². The fraction of sp³-hybridized carbons (Fsp3) is 0.524. The molecule has 0 aliphatic carbocycles. The second-order valence-corrected chi connectivity index (χ2v) is 7.32. The van der Waals surface area contributed by atoms with Gasteiger partial charge in [-0.3, -0.25) is 14.7 Å². The number of benzene rings is 1. The Balaban J connectivity index is 2.37. The summed E-state index contributed by atoms with van der Waals surface area (Å²) in [5.41, 5.74) is 5.00. The van der Waals surface area contributed by atoms with Crippen molar-refractivity contribution in [1.82, 2.24) is 15.3 Å². The van der Waals surface area contributed by atoms with E-state index in [9.17, 15) is 4.79 Å². The van der Waals surface area contributed by atoms with E-state index in [1.807, 2.05) is 17.7 Å². The molecule has 1 amide bonds. The largest absolute Gasteiger partial charge is 0.396 e. The van der Waals surface area contributed by atoms with Crippen LogP contribution in [0.2, 0.25) is 0 Å². The molecular formula is C21H31N3O4. The van der Waals surface area contributed by atoms with Gasteiger partial charge < -0.3 is 9.84 Å². The monoisotopic (exact) mass is 389 g/mol. The normalized spacial score (nSPS) is 13.5. The van der Waals surface area contributed by atoms with E-state index in [2.05, 4.69) is 43.2 Å². The van der Waals surface area contributed by atoms with E-state index in [4.69, 9.17) is 15.1 Å². The lowest BCUT2D eigenvalue weighted by Crippen LogP contribution is -2.33. The van der Waals surface area contributed by atoms with E-state index in [0.29, 0.717) is 19.4 Å². The van der Waals surface area contributed by atoms with E-state index in [1.165, 1.54) is 5.56 Å². The number of nitrogens with zero attached hydrogens (tertiary/aromatic N) is 2. The quantitative estimate of drug-likeness (QED) is 0.312. The van der Waals surface area contributed by atoms with Crippen molar-refractivity contribution >= 4 is 5.91 Å². The minimum atomic E-state index is -0.501. The molecule has 1 aromatic heterocycles. The fourth-order valence-corrected chi connectivity index (χ4v) is 3.30. The van der Waals surface area contributed by atoms with Crippen LogP contribution in [0.3, 0.4) is 0 Å². The van der Waals surface area contributed by atoms with Gasteiger partial charge in [0.05, 0.1) is 12.5 Å². The molecule has 7 heteroatoms. The molecule has 0 fully saturated rings. The Labute approximate surface area is 166 Å². The molecule has 0 aliphatic rings. The second kappa shape index (κ2) is 10.9. The van der Waals surface area contributed by atoms with Gasteiger partial charge in [-0.15, -0.1) is 0 Å². The van der Waals surface area contributed by atoms with Gasteiger partial charge in [-0.05, 0) is 45.2 Å². The maximum Gasteiger partial charge on any atom is 0.245 e. The summed E-state index contributed by atoms with van der Waals surface area (Å²) in [4.78, 5) is 11.9. The zero-order chi connectivity index (χ0) is 20.5. The van der Waals surface area contributed by atoms with Crippen molar-refractivity contribution in [3.63, 3.8) is 0 Å². The number of hydroxylamine groups is 1. The highest BCUT2D eigenvalue weighted by Crippen LogP contribution is 2.30. The molecule has 7 nitrogen and oxygen atoms in total. The predicted molar refractivity (Wildman–Crippen MR) is 106 cm³/mol. The average molecular weight is 389 g/mol. The molecule has 0 bridgehead atoms. The minimum absolute atomic E-state index is 0.0156. The number of hydrogen-bond acceptors (Lipinski definition) is 5. The molecule has 2 rings (SSSR count). The van der Waals surface area contributed by atoms with Gasteiger partial charge in [-0.2, -0.15) is 5.10 Å². The molecule has 28 heavy (non-hydrogen) atoms. The van der Waals surface area contributed by atoms with Crippen LogP contribution in [0.25, 0.3) is 0 Å². The van der Waals surface area contributed by atoms with Crippen molar-refractivity contribution < 1.29 is 19.8 Å². The van der Waals surface area contributed by atoms with Gasteiger partial charge in [0.15, 0.2) is 0 Å². The van der Waals surface area contributed by atoms with E-state index >= 15 is 0 Å². The SMILES string of the molecule is Cc1ccc(C[C@H](c2ccnn2C(C)C)[C@@H](CC(=O)NO)OCCCO)cc1. The first kappa shape index (κ1) is 22.1. The molecule has 0 spiro atoms. The molecule has 0 saturated carbocycles. The zero-order valence-electron chi connectivity index (χ0n) is 16.8. The molecule has 2 aromatic rings. The first-order valence-electron chi connectivity index (χ1n) is 9.70. The number of carbonyl (C=O) groups is 1. The van der Waals surface area contributed by atoms with Gasteiger partial charge in [-0.25, -0.2) is 5.48 Å². The molecule has 2 atom stereocenters. The van der Waals surface area contributed by atoms with Gasteiger partial charge in [0, 0.05) is 37.1 Å². The van der Waals surface area contributed by atoms with Crippen molar-refractivity contribution in [1.29, 1.82) is 0 Å². The van der Waals surface area contributed by atoms with Crippen LogP contribution in [-0.2, 0) is 16.0 Å². The molecule has 0 saturated heterocycles. The molecule has 0 unspecified atom stereocenters. The van der Waals surface area contributed by atoms with Crippen molar-refractivity contribution in [3.8, 4) is 0 Å². The van der Waals surface area contributed by atoms with Crippen molar-refractivity contribution in [2.45, 2.75) is 58.1 Å². The summed E-state index contributed by atoms with van der Waals surface area (Å²) in [6.07, 6.45) is 2.46. The Morgan fingerprint density at radius 1 is 1.25 bits per heavy atom. The Bertz CT molecular complexity index is 728. The van der Waals surface area contributed by atoms with Crippen molar-refractivity contribution in [3.05, 3.63) is 53.3 Å². The molecule has 154 valence electrons. The van der Waals surface area contributed by atoms with E-state index in [1.54, 1.807) is 11.7 Å². The topological polar surface area (TPSA) is 96.6 Å². The maximum atomic E-state index is 11.9. The number of amides is 1. The lowest BCUT2D eigenvalue weighted by Gasteiger charge is -2.28. The number of nitrogens with one attached hydrogen (secondary N) is 1. The first-order chi connectivity index (χ1) is 13.5. The Morgan fingerprint density at radius 2 is 1.96 bits per heavy atom. The van der Waals surface area contributed by atoms with Gasteiger partial charge in [0.1, 0.15) is 0 Å². The molecule has 1 aromatic carbocycles. The maximum absolute atomic E-state index is 11.9. The van der Waals surface area contributed by atoms with Crippen molar-refractivity contribution in [2.24, 2.45) is 0 Å². The molecule has 0 radical (unpaired) electrons. The van der Waals surface area contributed by atoms with E-state index in [0.717, 1.165) is 11.3 Å². The number of aliphatic hydroxyl groups is 1. The smallest absolute Gasteiger partial charge is 0.245 e. The molecule has 1 heterocycles. The number of aryl methyl sites for hydroxylation is 1. The van der Waals surface area contributed by atoms with Gasteiger partial charge in [0.25, 0.3) is 0 Å². The number of aromatic nitrogens is 2. The van der Waals surface area contributed by atoms with Crippen LogP contribution in [0.4, 0.5) is 0 Å². The number of hydrogen-bond donors (Lipinski definition) is 3. The minimum Gasteiger partial charge on any atom is -0.396 e. The lowest BCUT2D eigenvalue weighted by molar-refractivity contribution is -0.132. The molecule has 3 N–H and O–H groups in total. The van der Waals surface area contributed by atoms with Crippen LogP contribution in [0, 0.1) is 6.92 Å². The fourth-order valence-electron chi connectivity index (χ4n) is 3.30. The highest BCUT2D eigenvalue weighted by atomic mass is 16.5. The van der Waals surface area contributed by atoms with Crippen molar-refractivity contribution in [2.75, 3.05) is 13.2 Å². The van der Waals surface area contributed by atoms with Gasteiger partial charge >= 0.3 is 0 Å². The van der Waals surface area contributed by atoms with Crippen LogP contribution in [0.1, 0.15) is 55.5 Å². The number of carbonyl (C=O) groups excluding carboxylic acids is 1. The van der Waals surface area contributed by atoms with E-state index in [-0.39, 0.29) is 25.0 Å². The lowest BCUT2D eigenvalue weighted by atomic mass is 9.88. The highest BCUT2D eigenvalue weighted by molar-refractivity contribution is 5.75. The Morgan fingerprint density at radius 3 is 2.57 bits per heavy atom. The summed E-state index contributed by atoms with van der Waals surface area (Å²) in [6, 6.07) is 10.4. The highest BCUT2D eigenvalue weighted by Gasteiger charge is 2.30. The third kappa shape index (κ3) is 6.15. The molecular weight excluding hydrogens is 358 g/mol. The third-order valence-electron chi connectivity index (χ3n) is 4.74. The second-order valence-electron chi connectivity index (χ2n) is 7.32. The van der Waals surface area contributed by atoms with Gasteiger partial charge in [0.2, 0.25) is 5.91 Å². The van der Waals surface area contributed by atoms with Gasteiger partial charge in [-0.1, -0.05) is 29.8 Å². The Kier molecular flexibility index (Phi) is 8.63. The number of rotatable bonds is 11. The van der Waals surface area contributed by atoms with Crippen LogP contribution < -0.4 is 5.48 Å². The zero-order valence-corrected chi connectivity index (χ0v) is 16.8. The predicted octanol–water partition coefficient (Wildman–Crippen LogP) is 2.76. The van der Waals surface area contributed by atoms with E-state index < -0.39 is 12.0 Å². The summed E-state index contributed by atoms with van der Waals surface area (Å²) in [7, 11) is 0. The summed E-state index contributed by atoms with van der Waals surface area (Å²) in [5.74, 6) is -0.637. The van der Waals surface area contributed by atoms with Crippen LogP contribution in [0.5, 0.6) is 0 Å². The standard InChI is InChI=1S/C21H31N3O4/c1-15(2)24-19(9-10-22-24)18(13-17-7-5-16(3)6-8-17)20(14-21(26)23-27)28-12-4-11-25/h5-10,15,18,20,25,27H,4,11-14H2,1-3H3,(H,23,26)/t18-,20-/m1/s1. The summed E-state index contributed by atoms with van der Waals surface area (Å²) in [5, 5.41) is 22.6. The molecule has 0 aliphatic heterocycles. The number of aliphatic hydroxyl groups excluding tert-OH is 1. The summed E-state index contributed by atoms with van der Waals surface area (Å²) >= 11 is 0.